The van der Waals surface area contributed by atoms with Crippen molar-refractivity contribution >= 4 is 19.8 Å². The van der Waals surface area contributed by atoms with Crippen molar-refractivity contribution in [2.24, 2.45) is 0 Å². The van der Waals surface area contributed by atoms with Crippen LogP contribution in [0, 0.1) is 0 Å². The number of hydrogen-bond acceptors (Lipinski definition) is 12. The van der Waals surface area contributed by atoms with Crippen molar-refractivity contribution < 1.29 is 63.1 Å². The molecule has 0 aromatic carbocycles. The van der Waals surface area contributed by atoms with Gasteiger partial charge in [0.15, 0.2) is 6.10 Å². The molecule has 1 aliphatic carbocycles. The molecule has 312 valence electrons. The Morgan fingerprint density at radius 3 is 1.43 bits per heavy atom. The lowest BCUT2D eigenvalue weighted by atomic mass is 9.85. The number of hydrogen-bond donors (Lipinski definition) is 6. The van der Waals surface area contributed by atoms with E-state index in [1.165, 1.54) is 70.6 Å². The number of aliphatic hydroxyl groups is 5. The number of allylic oxidation sites excluding steroid dienone is 2. The van der Waals surface area contributed by atoms with E-state index >= 15 is 0 Å². The molecular formula is C39H73O13P. The van der Waals surface area contributed by atoms with Crippen LogP contribution in [0.4, 0.5) is 0 Å². The molecule has 1 fully saturated rings. The summed E-state index contributed by atoms with van der Waals surface area (Å²) in [7, 11) is -5.11. The Hall–Kier alpha value is -1.41. The first-order valence-electron chi connectivity index (χ1n) is 20.5. The van der Waals surface area contributed by atoms with Gasteiger partial charge in [0.25, 0.3) is 0 Å². The predicted octanol–water partition coefficient (Wildman–Crippen LogP) is 6.72. The number of esters is 2. The molecular weight excluding hydrogens is 707 g/mol. The summed E-state index contributed by atoms with van der Waals surface area (Å²) in [5, 5.41) is 49.9. The van der Waals surface area contributed by atoms with E-state index in [9.17, 15) is 44.6 Å². The second-order valence-electron chi connectivity index (χ2n) is 14.5. The zero-order valence-corrected chi connectivity index (χ0v) is 33.5. The summed E-state index contributed by atoms with van der Waals surface area (Å²) in [6.45, 7) is 3.24. The zero-order valence-electron chi connectivity index (χ0n) is 32.6. The van der Waals surface area contributed by atoms with Crippen molar-refractivity contribution in [1.29, 1.82) is 0 Å². The van der Waals surface area contributed by atoms with Crippen LogP contribution in [0.15, 0.2) is 12.2 Å². The Bertz CT molecular complexity index is 996. The maximum Gasteiger partial charge on any atom is 0.472 e. The normalized spacial score (nSPS) is 23.5. The highest BCUT2D eigenvalue weighted by atomic mass is 31.2. The Labute approximate surface area is 318 Å². The van der Waals surface area contributed by atoms with Crippen LogP contribution >= 0.6 is 7.82 Å². The summed E-state index contributed by atoms with van der Waals surface area (Å²) in [5.41, 5.74) is 0. The highest BCUT2D eigenvalue weighted by molar-refractivity contribution is 7.47. The van der Waals surface area contributed by atoms with E-state index in [-0.39, 0.29) is 12.8 Å². The fraction of sp³-hybridized carbons (Fsp3) is 0.897. The molecule has 8 atom stereocenters. The fourth-order valence-electron chi connectivity index (χ4n) is 6.22. The van der Waals surface area contributed by atoms with Crippen molar-refractivity contribution in [2.75, 3.05) is 13.2 Å². The van der Waals surface area contributed by atoms with Crippen LogP contribution in [0.3, 0.4) is 0 Å². The number of phosphoric acid groups is 1. The first-order valence-corrected chi connectivity index (χ1v) is 22.0. The smallest absolute Gasteiger partial charge is 0.462 e. The second-order valence-corrected chi connectivity index (χ2v) is 15.9. The molecule has 6 N–H and O–H groups in total. The molecule has 14 heteroatoms. The minimum absolute atomic E-state index is 0.0902. The van der Waals surface area contributed by atoms with E-state index in [1.807, 2.05) is 0 Å². The van der Waals surface area contributed by atoms with Crippen LogP contribution in [0.5, 0.6) is 0 Å². The standard InChI is InChI=1S/C39H73O13P/c1-3-5-7-9-11-13-14-15-16-17-18-20-22-24-26-28-33(41)51-31(29-49-32(40)27-25-23-21-19-12-10-8-6-4-2)30-50-53(47,48)52-39-37(45)35(43)34(42)36(44)38(39)46/h15-16,31,34-39,42-46H,3-14,17-30H2,1-2H3,(H,47,48)/b16-15-/t31-,34?,35-,36?,37?,38?,39?/m1/s1. The molecule has 1 saturated carbocycles. The monoisotopic (exact) mass is 780 g/mol. The summed E-state index contributed by atoms with van der Waals surface area (Å²) >= 11 is 0. The highest BCUT2D eigenvalue weighted by Crippen LogP contribution is 2.47. The summed E-state index contributed by atoms with van der Waals surface area (Å²) in [4.78, 5) is 35.4. The zero-order chi connectivity index (χ0) is 39.3. The van der Waals surface area contributed by atoms with E-state index in [1.54, 1.807) is 0 Å². The van der Waals surface area contributed by atoms with Gasteiger partial charge in [0, 0.05) is 12.8 Å². The quantitative estimate of drug-likeness (QED) is 0.0177. The molecule has 0 saturated heterocycles. The summed E-state index contributed by atoms with van der Waals surface area (Å²) in [6.07, 6.45) is 15.8. The fourth-order valence-corrected chi connectivity index (χ4v) is 7.19. The first kappa shape index (κ1) is 49.6. The minimum atomic E-state index is -5.11. The molecule has 0 bridgehead atoms. The SMILES string of the molecule is CCCCCCCC/C=C\CCCCCCCC(=O)O[C@H](COC(=O)CCCCCCCCCCC)COP(=O)(O)OC1C(O)C(O)C(O)[C@@H](O)C1O. The van der Waals surface area contributed by atoms with Gasteiger partial charge in [-0.15, -0.1) is 0 Å². The molecule has 6 unspecified atom stereocenters. The number of unbranched alkanes of at least 4 members (excludes halogenated alkanes) is 19. The molecule has 1 aliphatic rings. The van der Waals surface area contributed by atoms with E-state index in [0.29, 0.717) is 12.8 Å². The van der Waals surface area contributed by atoms with Crippen LogP contribution in [0.25, 0.3) is 0 Å². The van der Waals surface area contributed by atoms with Crippen molar-refractivity contribution in [1.82, 2.24) is 0 Å². The number of carbonyl (C=O) groups excluding carboxylic acids is 2. The third-order valence-corrected chi connectivity index (χ3v) is 10.6. The minimum Gasteiger partial charge on any atom is -0.462 e. The first-order chi connectivity index (χ1) is 25.4. The number of phosphoric ester groups is 1. The third-order valence-electron chi connectivity index (χ3n) is 9.61. The van der Waals surface area contributed by atoms with Gasteiger partial charge in [-0.3, -0.25) is 18.6 Å². The summed E-state index contributed by atoms with van der Waals surface area (Å²) in [5.74, 6) is -1.11. The van der Waals surface area contributed by atoms with Gasteiger partial charge in [0.1, 0.15) is 43.2 Å². The van der Waals surface area contributed by atoms with Crippen molar-refractivity contribution in [2.45, 2.75) is 211 Å². The summed E-state index contributed by atoms with van der Waals surface area (Å²) in [6, 6.07) is 0. The average Bonchev–Trinajstić information content (AvgIpc) is 3.13. The Morgan fingerprint density at radius 1 is 0.566 bits per heavy atom. The molecule has 0 amide bonds. The molecule has 0 aliphatic heterocycles. The van der Waals surface area contributed by atoms with Crippen molar-refractivity contribution in [3.8, 4) is 0 Å². The molecule has 0 radical (unpaired) electrons. The van der Waals surface area contributed by atoms with Crippen LogP contribution in [0.1, 0.15) is 168 Å². The summed E-state index contributed by atoms with van der Waals surface area (Å²) < 4.78 is 33.3. The topological polar surface area (TPSA) is 210 Å². The van der Waals surface area contributed by atoms with Gasteiger partial charge < -0.3 is 39.9 Å². The second kappa shape index (κ2) is 30.8. The lowest BCUT2D eigenvalue weighted by Crippen LogP contribution is -2.64. The van der Waals surface area contributed by atoms with Gasteiger partial charge in [0.2, 0.25) is 0 Å². The number of carbonyl (C=O) groups is 2. The molecule has 0 aromatic rings. The molecule has 1 rings (SSSR count). The van der Waals surface area contributed by atoms with Gasteiger partial charge in [-0.05, 0) is 38.5 Å². The van der Waals surface area contributed by atoms with E-state index in [0.717, 1.165) is 57.8 Å². The van der Waals surface area contributed by atoms with E-state index in [2.05, 4.69) is 26.0 Å². The Balaban J connectivity index is 2.51. The highest BCUT2D eigenvalue weighted by Gasteiger charge is 2.51. The molecule has 0 heterocycles. The number of ether oxygens (including phenoxy) is 2. The van der Waals surface area contributed by atoms with Crippen molar-refractivity contribution in [3.05, 3.63) is 12.2 Å². The van der Waals surface area contributed by atoms with E-state index < -0.39 is 75.7 Å². The molecule has 13 nitrogen and oxygen atoms in total. The van der Waals surface area contributed by atoms with Gasteiger partial charge in [-0.25, -0.2) is 4.57 Å². The Kier molecular flexibility index (Phi) is 28.8. The van der Waals surface area contributed by atoms with Crippen LogP contribution in [-0.4, -0.2) is 98.3 Å². The van der Waals surface area contributed by atoms with Gasteiger partial charge in [0.05, 0.1) is 6.61 Å². The largest absolute Gasteiger partial charge is 0.472 e. The average molecular weight is 781 g/mol. The van der Waals surface area contributed by atoms with Gasteiger partial charge in [-0.2, -0.15) is 0 Å². The van der Waals surface area contributed by atoms with Crippen LogP contribution < -0.4 is 0 Å². The Morgan fingerprint density at radius 2 is 0.962 bits per heavy atom. The van der Waals surface area contributed by atoms with Crippen LogP contribution in [0.2, 0.25) is 0 Å². The number of aliphatic hydroxyl groups excluding tert-OH is 5. The van der Waals surface area contributed by atoms with Crippen molar-refractivity contribution in [3.63, 3.8) is 0 Å². The number of rotatable bonds is 33. The third kappa shape index (κ3) is 24.0. The lowest BCUT2D eigenvalue weighted by Gasteiger charge is -2.41. The maximum absolute atomic E-state index is 12.7. The van der Waals surface area contributed by atoms with Crippen LogP contribution in [-0.2, 0) is 32.7 Å². The van der Waals surface area contributed by atoms with Gasteiger partial charge in [-0.1, -0.05) is 129 Å². The molecule has 0 aromatic heterocycles. The molecule has 0 spiro atoms. The van der Waals surface area contributed by atoms with E-state index in [4.69, 9.17) is 18.5 Å². The maximum atomic E-state index is 12.7. The molecule has 53 heavy (non-hydrogen) atoms. The predicted molar refractivity (Wildman–Crippen MR) is 203 cm³/mol. The lowest BCUT2D eigenvalue weighted by molar-refractivity contribution is -0.220. The van der Waals surface area contributed by atoms with Gasteiger partial charge >= 0.3 is 19.8 Å².